The largest absolute Gasteiger partial charge is 0.342 e. The molecule has 0 unspecified atom stereocenters. The zero-order valence-electron chi connectivity index (χ0n) is 15.6. The summed E-state index contributed by atoms with van der Waals surface area (Å²) in [5.74, 6) is 0.0131. The smallest absolute Gasteiger partial charge is 0.328 e. The summed E-state index contributed by atoms with van der Waals surface area (Å²) in [5, 5.41) is 0. The summed E-state index contributed by atoms with van der Waals surface area (Å²) in [6.45, 7) is 4.37. The van der Waals surface area contributed by atoms with E-state index in [1.54, 1.807) is 4.90 Å². The van der Waals surface area contributed by atoms with Crippen molar-refractivity contribution in [2.45, 2.75) is 32.2 Å². The maximum atomic E-state index is 12.5. The zero-order valence-corrected chi connectivity index (χ0v) is 15.6. The second-order valence-electron chi connectivity index (χ2n) is 7.19. The van der Waals surface area contributed by atoms with Crippen molar-refractivity contribution in [2.75, 3.05) is 45.8 Å². The topological polar surface area (TPSA) is 98.7 Å². The third-order valence-corrected chi connectivity index (χ3v) is 5.25. The summed E-state index contributed by atoms with van der Waals surface area (Å²) >= 11 is 0. The number of carbonyl (C=O) groups is 2. The number of aromatic amines is 1. The van der Waals surface area contributed by atoms with E-state index in [1.807, 2.05) is 4.90 Å². The fraction of sp³-hybridized carbons (Fsp3) is 0.667. The lowest BCUT2D eigenvalue weighted by molar-refractivity contribution is -0.135. The SMILES string of the molecule is O=C(CN1CCN(C(=O)Cn2ccc(=O)[nH]c2=O)CC1)N1CCCCCC1. The van der Waals surface area contributed by atoms with Crippen molar-refractivity contribution in [1.82, 2.24) is 24.3 Å². The number of amides is 2. The Labute approximate surface area is 157 Å². The van der Waals surface area contributed by atoms with Gasteiger partial charge in [0.15, 0.2) is 0 Å². The van der Waals surface area contributed by atoms with Gasteiger partial charge in [-0.05, 0) is 12.8 Å². The molecule has 0 saturated carbocycles. The third-order valence-electron chi connectivity index (χ3n) is 5.25. The molecular formula is C18H27N5O4. The third kappa shape index (κ3) is 5.29. The van der Waals surface area contributed by atoms with E-state index in [4.69, 9.17) is 0 Å². The van der Waals surface area contributed by atoms with Crippen LogP contribution in [0.1, 0.15) is 25.7 Å². The van der Waals surface area contributed by atoms with E-state index in [2.05, 4.69) is 9.88 Å². The molecule has 0 bridgehead atoms. The highest BCUT2D eigenvalue weighted by Crippen LogP contribution is 2.11. The molecule has 3 rings (SSSR count). The molecule has 148 valence electrons. The van der Waals surface area contributed by atoms with Gasteiger partial charge in [-0.3, -0.25) is 28.8 Å². The first kappa shape index (κ1) is 19.3. The van der Waals surface area contributed by atoms with Gasteiger partial charge < -0.3 is 9.80 Å². The van der Waals surface area contributed by atoms with Crippen LogP contribution in [0.3, 0.4) is 0 Å². The first-order valence-electron chi connectivity index (χ1n) is 9.60. The molecule has 2 aliphatic heterocycles. The summed E-state index contributed by atoms with van der Waals surface area (Å²) in [4.78, 5) is 55.5. The van der Waals surface area contributed by atoms with Crippen LogP contribution in [-0.2, 0) is 16.1 Å². The monoisotopic (exact) mass is 377 g/mol. The van der Waals surface area contributed by atoms with Crippen LogP contribution in [-0.4, -0.2) is 81.9 Å². The number of hydrogen-bond donors (Lipinski definition) is 1. The molecule has 9 heteroatoms. The van der Waals surface area contributed by atoms with Crippen LogP contribution in [0.4, 0.5) is 0 Å². The van der Waals surface area contributed by atoms with Crippen LogP contribution in [0.25, 0.3) is 0 Å². The van der Waals surface area contributed by atoms with E-state index in [-0.39, 0.29) is 18.4 Å². The molecule has 0 spiro atoms. The molecule has 0 radical (unpaired) electrons. The minimum absolute atomic E-state index is 0.0949. The van der Waals surface area contributed by atoms with Gasteiger partial charge in [-0.1, -0.05) is 12.8 Å². The van der Waals surface area contributed by atoms with Crippen molar-refractivity contribution in [3.05, 3.63) is 33.1 Å². The molecule has 2 saturated heterocycles. The average molecular weight is 377 g/mol. The Kier molecular flexibility index (Phi) is 6.44. The Morgan fingerprint density at radius 1 is 0.815 bits per heavy atom. The summed E-state index contributed by atoms with van der Waals surface area (Å²) in [7, 11) is 0. The first-order valence-corrected chi connectivity index (χ1v) is 9.60. The maximum absolute atomic E-state index is 12.5. The van der Waals surface area contributed by atoms with E-state index in [0.29, 0.717) is 32.7 Å². The lowest BCUT2D eigenvalue weighted by Gasteiger charge is -2.35. The molecule has 3 heterocycles. The molecule has 27 heavy (non-hydrogen) atoms. The van der Waals surface area contributed by atoms with Gasteiger partial charge in [0, 0.05) is 51.5 Å². The van der Waals surface area contributed by atoms with E-state index in [9.17, 15) is 19.2 Å². The minimum Gasteiger partial charge on any atom is -0.342 e. The van der Waals surface area contributed by atoms with Crippen molar-refractivity contribution < 1.29 is 9.59 Å². The molecule has 1 N–H and O–H groups in total. The lowest BCUT2D eigenvalue weighted by Crippen LogP contribution is -2.52. The number of rotatable bonds is 4. The lowest BCUT2D eigenvalue weighted by atomic mass is 10.2. The predicted molar refractivity (Wildman–Crippen MR) is 99.4 cm³/mol. The number of nitrogens with one attached hydrogen (secondary N) is 1. The minimum atomic E-state index is -0.586. The van der Waals surface area contributed by atoms with Gasteiger partial charge in [0.2, 0.25) is 11.8 Å². The fourth-order valence-corrected chi connectivity index (χ4v) is 3.58. The Balaban J connectivity index is 1.46. The summed E-state index contributed by atoms with van der Waals surface area (Å²) in [6.07, 6.45) is 5.89. The van der Waals surface area contributed by atoms with Crippen molar-refractivity contribution in [3.8, 4) is 0 Å². The van der Waals surface area contributed by atoms with Gasteiger partial charge in [0.1, 0.15) is 6.54 Å². The molecule has 9 nitrogen and oxygen atoms in total. The van der Waals surface area contributed by atoms with Crippen molar-refractivity contribution >= 4 is 11.8 Å². The van der Waals surface area contributed by atoms with Gasteiger partial charge in [-0.15, -0.1) is 0 Å². The highest BCUT2D eigenvalue weighted by molar-refractivity contribution is 5.78. The molecule has 0 atom stereocenters. The molecule has 2 amide bonds. The van der Waals surface area contributed by atoms with Crippen LogP contribution >= 0.6 is 0 Å². The second-order valence-corrected chi connectivity index (χ2v) is 7.19. The number of H-pyrrole nitrogens is 1. The van der Waals surface area contributed by atoms with Crippen molar-refractivity contribution in [2.24, 2.45) is 0 Å². The van der Waals surface area contributed by atoms with Crippen LogP contribution in [0.5, 0.6) is 0 Å². The van der Waals surface area contributed by atoms with Gasteiger partial charge in [-0.25, -0.2) is 4.79 Å². The van der Waals surface area contributed by atoms with E-state index < -0.39 is 11.2 Å². The average Bonchev–Trinajstić information content (AvgIpc) is 2.94. The molecule has 0 aromatic carbocycles. The normalized spacial score (nSPS) is 19.0. The van der Waals surface area contributed by atoms with Gasteiger partial charge in [0.25, 0.3) is 5.56 Å². The van der Waals surface area contributed by atoms with Crippen molar-refractivity contribution in [3.63, 3.8) is 0 Å². The molecule has 1 aromatic heterocycles. The number of carbonyl (C=O) groups excluding carboxylic acids is 2. The van der Waals surface area contributed by atoms with E-state index in [1.165, 1.54) is 29.7 Å². The Morgan fingerprint density at radius 3 is 2.04 bits per heavy atom. The Hall–Kier alpha value is -2.42. The van der Waals surface area contributed by atoms with Gasteiger partial charge >= 0.3 is 5.69 Å². The fourth-order valence-electron chi connectivity index (χ4n) is 3.58. The second kappa shape index (κ2) is 8.98. The standard InChI is InChI=1S/C18H27N5O4/c24-15-5-8-23(18(27)19-15)14-17(26)22-11-9-20(10-12-22)13-16(25)21-6-3-1-2-4-7-21/h5,8H,1-4,6-7,9-14H2,(H,19,24,27). The van der Waals surface area contributed by atoms with Gasteiger partial charge in [0.05, 0.1) is 6.54 Å². The number of aromatic nitrogens is 2. The van der Waals surface area contributed by atoms with Crippen LogP contribution < -0.4 is 11.2 Å². The molecule has 0 aliphatic carbocycles. The quantitative estimate of drug-likeness (QED) is 0.732. The Bertz CT molecular complexity index is 770. The zero-order chi connectivity index (χ0) is 19.2. The maximum Gasteiger partial charge on any atom is 0.328 e. The molecule has 2 aliphatic rings. The van der Waals surface area contributed by atoms with Crippen LogP contribution in [0, 0.1) is 0 Å². The van der Waals surface area contributed by atoms with Gasteiger partial charge in [-0.2, -0.15) is 0 Å². The Morgan fingerprint density at radius 2 is 1.41 bits per heavy atom. The number of likely N-dealkylation sites (tertiary alicyclic amines) is 1. The highest BCUT2D eigenvalue weighted by Gasteiger charge is 2.24. The van der Waals surface area contributed by atoms with Crippen LogP contribution in [0.15, 0.2) is 21.9 Å². The molecule has 2 fully saturated rings. The molecule has 1 aromatic rings. The number of hydrogen-bond acceptors (Lipinski definition) is 5. The van der Waals surface area contributed by atoms with E-state index in [0.717, 1.165) is 25.9 Å². The van der Waals surface area contributed by atoms with Crippen LogP contribution in [0.2, 0.25) is 0 Å². The number of piperazine rings is 1. The summed E-state index contributed by atoms with van der Waals surface area (Å²) < 4.78 is 1.19. The first-order chi connectivity index (χ1) is 13.0. The predicted octanol–water partition coefficient (Wildman–Crippen LogP) is -0.917. The van der Waals surface area contributed by atoms with Crippen molar-refractivity contribution in [1.29, 1.82) is 0 Å². The highest BCUT2D eigenvalue weighted by atomic mass is 16.2. The summed E-state index contributed by atoms with van der Waals surface area (Å²) in [5.41, 5.74) is -1.07. The van der Waals surface area contributed by atoms with E-state index >= 15 is 0 Å². The molecular weight excluding hydrogens is 350 g/mol. The number of nitrogens with zero attached hydrogens (tertiary/aromatic N) is 4. The summed E-state index contributed by atoms with van der Waals surface area (Å²) in [6, 6.07) is 1.22.